The zero-order chi connectivity index (χ0) is 14.9. The van der Waals surface area contributed by atoms with Gasteiger partial charge in [0.25, 0.3) is 0 Å². The lowest BCUT2D eigenvalue weighted by Gasteiger charge is -2.12. The van der Waals surface area contributed by atoms with Gasteiger partial charge in [0.15, 0.2) is 5.96 Å². The van der Waals surface area contributed by atoms with Gasteiger partial charge in [-0.1, -0.05) is 29.8 Å². The van der Waals surface area contributed by atoms with E-state index in [1.165, 1.54) is 0 Å². The maximum absolute atomic E-state index is 6.14. The molecule has 0 fully saturated rings. The second-order valence-corrected chi connectivity index (χ2v) is 5.10. The minimum Gasteiger partial charge on any atom is -0.356 e. The lowest BCUT2D eigenvalue weighted by Crippen LogP contribution is -2.39. The number of aliphatic imine (C=N–C) groups is 1. The van der Waals surface area contributed by atoms with Crippen LogP contribution in [0.25, 0.3) is 0 Å². The molecule has 0 aliphatic rings. The molecule has 0 aliphatic heterocycles. The molecule has 1 aromatic heterocycles. The van der Waals surface area contributed by atoms with Crippen molar-refractivity contribution >= 4 is 17.6 Å². The minimum absolute atomic E-state index is 0.799. The molecular weight excluding hydrogens is 284 g/mol. The van der Waals surface area contributed by atoms with Crippen LogP contribution in [0.2, 0.25) is 5.02 Å². The van der Waals surface area contributed by atoms with E-state index in [1.807, 2.05) is 36.4 Å². The van der Waals surface area contributed by atoms with Gasteiger partial charge in [-0.3, -0.25) is 4.99 Å². The predicted molar refractivity (Wildman–Crippen MR) is 89.0 cm³/mol. The van der Waals surface area contributed by atoms with Crippen LogP contribution in [-0.2, 0) is 13.0 Å². The summed E-state index contributed by atoms with van der Waals surface area (Å²) in [5.41, 5.74) is 1.15. The topological polar surface area (TPSA) is 41.4 Å². The van der Waals surface area contributed by atoms with Crippen LogP contribution < -0.4 is 10.6 Å². The molecule has 1 aromatic carbocycles. The molecule has 0 unspecified atom stereocenters. The molecule has 5 heteroatoms. The first kappa shape index (κ1) is 15.4. The van der Waals surface area contributed by atoms with Crippen molar-refractivity contribution in [1.82, 2.24) is 15.2 Å². The molecule has 112 valence electrons. The molecule has 0 aliphatic carbocycles. The van der Waals surface area contributed by atoms with Gasteiger partial charge in [0, 0.05) is 44.1 Å². The highest BCUT2D eigenvalue weighted by atomic mass is 35.5. The third-order valence-electron chi connectivity index (χ3n) is 3.20. The van der Waals surface area contributed by atoms with Gasteiger partial charge in [0.2, 0.25) is 0 Å². The first-order valence-corrected chi connectivity index (χ1v) is 7.46. The van der Waals surface area contributed by atoms with E-state index in [1.54, 1.807) is 7.05 Å². The second-order valence-electron chi connectivity index (χ2n) is 4.69. The summed E-state index contributed by atoms with van der Waals surface area (Å²) in [6, 6.07) is 12.0. The summed E-state index contributed by atoms with van der Waals surface area (Å²) in [4.78, 5) is 4.21. The van der Waals surface area contributed by atoms with Crippen LogP contribution in [0.4, 0.5) is 0 Å². The summed E-state index contributed by atoms with van der Waals surface area (Å²) in [7, 11) is 1.78. The van der Waals surface area contributed by atoms with Gasteiger partial charge in [-0.15, -0.1) is 0 Å². The Morgan fingerprint density at radius 3 is 2.52 bits per heavy atom. The van der Waals surface area contributed by atoms with Gasteiger partial charge in [0.1, 0.15) is 0 Å². The van der Waals surface area contributed by atoms with Crippen molar-refractivity contribution in [1.29, 1.82) is 0 Å². The Bertz CT molecular complexity index is 563. The average molecular weight is 305 g/mol. The molecule has 2 N–H and O–H groups in total. The van der Waals surface area contributed by atoms with Crippen LogP contribution >= 0.6 is 11.6 Å². The van der Waals surface area contributed by atoms with Gasteiger partial charge in [-0.25, -0.2) is 0 Å². The van der Waals surface area contributed by atoms with Gasteiger partial charge in [-0.05, 0) is 30.2 Å². The molecule has 2 aromatic rings. The molecule has 0 bridgehead atoms. The van der Waals surface area contributed by atoms with Crippen molar-refractivity contribution in [3.05, 3.63) is 59.4 Å². The van der Waals surface area contributed by atoms with Crippen LogP contribution in [0.1, 0.15) is 5.56 Å². The largest absolute Gasteiger partial charge is 0.356 e. The maximum Gasteiger partial charge on any atom is 0.191 e. The van der Waals surface area contributed by atoms with Gasteiger partial charge in [0.05, 0.1) is 0 Å². The van der Waals surface area contributed by atoms with Crippen molar-refractivity contribution in [2.24, 2.45) is 4.99 Å². The Kier molecular flexibility index (Phi) is 6.16. The predicted octanol–water partition coefficient (Wildman–Crippen LogP) is 2.55. The Balaban J connectivity index is 1.69. The summed E-state index contributed by atoms with van der Waals surface area (Å²) < 4.78 is 2.13. The molecule has 4 nitrogen and oxygen atoms in total. The number of halogens is 1. The number of benzene rings is 1. The monoisotopic (exact) mass is 304 g/mol. The van der Waals surface area contributed by atoms with E-state index in [0.29, 0.717) is 0 Å². The number of aromatic nitrogens is 1. The summed E-state index contributed by atoms with van der Waals surface area (Å²) in [5.74, 6) is 0.814. The van der Waals surface area contributed by atoms with Crippen molar-refractivity contribution in [2.45, 2.75) is 13.0 Å². The van der Waals surface area contributed by atoms with E-state index < -0.39 is 0 Å². The maximum atomic E-state index is 6.14. The fraction of sp³-hybridized carbons (Fsp3) is 0.312. The average Bonchev–Trinajstić information content (AvgIpc) is 3.01. The SMILES string of the molecule is CN=C(NCCc1ccccc1Cl)NCCn1cccc1. The fourth-order valence-electron chi connectivity index (χ4n) is 2.06. The number of nitrogens with one attached hydrogen (secondary N) is 2. The zero-order valence-corrected chi connectivity index (χ0v) is 13.0. The summed E-state index contributed by atoms with van der Waals surface area (Å²) in [5, 5.41) is 7.40. The molecule has 0 spiro atoms. The molecule has 1 heterocycles. The standard InChI is InChI=1S/C16H21ClN4/c1-18-16(20-10-13-21-11-4-5-12-21)19-9-8-14-6-2-3-7-15(14)17/h2-7,11-12H,8-10,13H2,1H3,(H2,18,19,20). The van der Waals surface area contributed by atoms with E-state index in [9.17, 15) is 0 Å². The van der Waals surface area contributed by atoms with Crippen LogP contribution in [0, 0.1) is 0 Å². The minimum atomic E-state index is 0.799. The van der Waals surface area contributed by atoms with E-state index in [2.05, 4.69) is 32.6 Å². The summed E-state index contributed by atoms with van der Waals surface area (Å²) >= 11 is 6.14. The highest BCUT2D eigenvalue weighted by molar-refractivity contribution is 6.31. The fourth-order valence-corrected chi connectivity index (χ4v) is 2.29. The molecule has 21 heavy (non-hydrogen) atoms. The van der Waals surface area contributed by atoms with Crippen LogP contribution in [0.5, 0.6) is 0 Å². The van der Waals surface area contributed by atoms with Gasteiger partial charge >= 0.3 is 0 Å². The first-order valence-electron chi connectivity index (χ1n) is 7.08. The van der Waals surface area contributed by atoms with Gasteiger partial charge in [-0.2, -0.15) is 0 Å². The van der Waals surface area contributed by atoms with Crippen molar-refractivity contribution < 1.29 is 0 Å². The molecule has 2 rings (SSSR count). The Hall–Kier alpha value is -1.94. The number of nitrogens with zero attached hydrogens (tertiary/aromatic N) is 2. The molecule has 0 atom stereocenters. The molecular formula is C16H21ClN4. The number of guanidine groups is 1. The quantitative estimate of drug-likeness (QED) is 0.636. The third-order valence-corrected chi connectivity index (χ3v) is 3.57. The van der Waals surface area contributed by atoms with E-state index in [0.717, 1.165) is 42.6 Å². The molecule has 0 radical (unpaired) electrons. The first-order chi connectivity index (χ1) is 10.3. The van der Waals surface area contributed by atoms with Crippen LogP contribution in [0.15, 0.2) is 53.8 Å². The Labute approximate surface area is 130 Å². The number of rotatable bonds is 6. The summed E-state index contributed by atoms with van der Waals surface area (Å²) in [6.45, 7) is 2.55. The highest BCUT2D eigenvalue weighted by Crippen LogP contribution is 2.14. The Morgan fingerprint density at radius 2 is 1.81 bits per heavy atom. The lowest BCUT2D eigenvalue weighted by atomic mass is 10.1. The van der Waals surface area contributed by atoms with Crippen molar-refractivity contribution in [3.8, 4) is 0 Å². The van der Waals surface area contributed by atoms with Gasteiger partial charge < -0.3 is 15.2 Å². The third kappa shape index (κ3) is 5.16. The molecule has 0 saturated carbocycles. The van der Waals surface area contributed by atoms with Crippen LogP contribution in [-0.4, -0.2) is 30.7 Å². The lowest BCUT2D eigenvalue weighted by molar-refractivity contribution is 0.665. The number of hydrogen-bond acceptors (Lipinski definition) is 1. The van der Waals surface area contributed by atoms with Crippen molar-refractivity contribution in [3.63, 3.8) is 0 Å². The zero-order valence-electron chi connectivity index (χ0n) is 12.2. The molecule has 0 saturated heterocycles. The molecule has 0 amide bonds. The normalized spacial score (nSPS) is 11.4. The number of hydrogen-bond donors (Lipinski definition) is 2. The summed E-state index contributed by atoms with van der Waals surface area (Å²) in [6.07, 6.45) is 4.97. The van der Waals surface area contributed by atoms with E-state index >= 15 is 0 Å². The van der Waals surface area contributed by atoms with Crippen LogP contribution in [0.3, 0.4) is 0 Å². The highest BCUT2D eigenvalue weighted by Gasteiger charge is 2.00. The van der Waals surface area contributed by atoms with E-state index in [4.69, 9.17) is 11.6 Å². The smallest absolute Gasteiger partial charge is 0.191 e. The van der Waals surface area contributed by atoms with Crippen molar-refractivity contribution in [2.75, 3.05) is 20.1 Å². The Morgan fingerprint density at radius 1 is 1.10 bits per heavy atom. The second kappa shape index (κ2) is 8.37. The van der Waals surface area contributed by atoms with E-state index in [-0.39, 0.29) is 0 Å².